The van der Waals surface area contributed by atoms with Crippen molar-refractivity contribution in [3.8, 4) is 0 Å². The minimum Gasteiger partial charge on any atom is -0.356 e. The molecule has 0 saturated carbocycles. The van der Waals surface area contributed by atoms with Crippen LogP contribution < -0.4 is 0 Å². The highest BCUT2D eigenvalue weighted by atomic mass is 79.9. The Labute approximate surface area is 190 Å². The molecule has 0 radical (unpaired) electrons. The zero-order chi connectivity index (χ0) is 21.8. The maximum Gasteiger partial charge on any atom is 0.254 e. The van der Waals surface area contributed by atoms with Gasteiger partial charge in [-0.15, -0.1) is 0 Å². The van der Waals surface area contributed by atoms with Crippen LogP contribution in [0.3, 0.4) is 0 Å². The molecule has 2 amide bonds. The van der Waals surface area contributed by atoms with Crippen molar-refractivity contribution in [2.45, 2.75) is 38.1 Å². The van der Waals surface area contributed by atoms with Crippen molar-refractivity contribution in [2.24, 2.45) is 0 Å². The van der Waals surface area contributed by atoms with Gasteiger partial charge in [0.15, 0.2) is 5.54 Å². The van der Waals surface area contributed by atoms with E-state index >= 15 is 0 Å². The van der Waals surface area contributed by atoms with Gasteiger partial charge in [-0.3, -0.25) is 9.59 Å². The van der Waals surface area contributed by atoms with Gasteiger partial charge in [-0.2, -0.15) is 0 Å². The molecule has 1 N–H and O–H groups in total. The van der Waals surface area contributed by atoms with E-state index in [0.29, 0.717) is 13.1 Å². The summed E-state index contributed by atoms with van der Waals surface area (Å²) in [6.07, 6.45) is 1.89. The molecule has 5 rings (SSSR count). The predicted octanol–water partition coefficient (Wildman–Crippen LogP) is 4.76. The van der Waals surface area contributed by atoms with Crippen molar-refractivity contribution in [2.75, 3.05) is 19.6 Å². The van der Waals surface area contributed by atoms with E-state index < -0.39 is 5.54 Å². The predicted molar refractivity (Wildman–Crippen MR) is 125 cm³/mol. The molecule has 1 saturated heterocycles. The number of aromatic amines is 1. The molecule has 6 heteroatoms. The van der Waals surface area contributed by atoms with Crippen LogP contribution in [0.15, 0.2) is 53.0 Å². The summed E-state index contributed by atoms with van der Waals surface area (Å²) in [4.78, 5) is 34.2. The third-order valence-corrected chi connectivity index (χ3v) is 7.40. The van der Waals surface area contributed by atoms with Crippen LogP contribution in [0, 0.1) is 0 Å². The molecule has 31 heavy (non-hydrogen) atoms. The summed E-state index contributed by atoms with van der Waals surface area (Å²) in [6.45, 7) is 5.30. The monoisotopic (exact) mass is 479 g/mol. The number of nitrogens with zero attached hydrogens (tertiary/aromatic N) is 2. The molecule has 160 valence electrons. The largest absolute Gasteiger partial charge is 0.356 e. The maximum atomic E-state index is 13.8. The quantitative estimate of drug-likeness (QED) is 0.586. The SMILES string of the molecule is CCCCN1CC(=O)N2CC(c3ccc(Br)cc3)c3c([nH]c4ccccc34)[C@@]2(C)C1=O. The fourth-order valence-corrected chi connectivity index (χ4v) is 5.46. The van der Waals surface area contributed by atoms with Crippen molar-refractivity contribution in [3.05, 3.63) is 69.8 Å². The highest BCUT2D eigenvalue weighted by molar-refractivity contribution is 9.10. The number of carbonyl (C=O) groups excluding carboxylic acids is 2. The molecule has 2 aliphatic rings. The van der Waals surface area contributed by atoms with Crippen LogP contribution in [-0.4, -0.2) is 46.2 Å². The van der Waals surface area contributed by atoms with Crippen LogP contribution in [0.25, 0.3) is 10.9 Å². The number of benzene rings is 2. The summed E-state index contributed by atoms with van der Waals surface area (Å²) in [6, 6.07) is 16.5. The van der Waals surface area contributed by atoms with E-state index in [1.54, 1.807) is 4.90 Å². The Balaban J connectivity index is 1.72. The third kappa shape index (κ3) is 3.03. The van der Waals surface area contributed by atoms with Crippen LogP contribution in [0.5, 0.6) is 0 Å². The van der Waals surface area contributed by atoms with E-state index in [-0.39, 0.29) is 24.3 Å². The molecule has 2 aromatic carbocycles. The fourth-order valence-electron chi connectivity index (χ4n) is 5.20. The number of unbranched alkanes of at least 4 members (excludes halogenated alkanes) is 1. The second kappa shape index (κ2) is 7.52. The number of nitrogens with one attached hydrogen (secondary N) is 1. The summed E-state index contributed by atoms with van der Waals surface area (Å²) in [7, 11) is 0. The molecule has 0 aliphatic carbocycles. The Hall–Kier alpha value is -2.60. The van der Waals surface area contributed by atoms with E-state index in [1.807, 2.05) is 42.2 Å². The smallest absolute Gasteiger partial charge is 0.254 e. The Kier molecular flexibility index (Phi) is 4.93. The zero-order valence-corrected chi connectivity index (χ0v) is 19.4. The number of hydrogen-bond acceptors (Lipinski definition) is 2. The molecule has 0 bridgehead atoms. The standard InChI is InChI=1S/C25H26BrN3O2/c1-3-4-13-28-15-21(30)29-14-19(16-9-11-17(26)12-10-16)22-18-7-5-6-8-20(18)27-23(22)25(29,2)24(28)31/h5-12,19,27H,3-4,13-15H2,1-2H3/t19?,25-/m0/s1. The van der Waals surface area contributed by atoms with Crippen LogP contribution in [0.2, 0.25) is 0 Å². The summed E-state index contributed by atoms with van der Waals surface area (Å²) in [5.41, 5.74) is 3.12. The van der Waals surface area contributed by atoms with E-state index in [4.69, 9.17) is 0 Å². The lowest BCUT2D eigenvalue weighted by molar-refractivity contribution is -0.166. The number of carbonyl (C=O) groups is 2. The number of piperazine rings is 1. The van der Waals surface area contributed by atoms with Gasteiger partial charge in [0.1, 0.15) is 0 Å². The summed E-state index contributed by atoms with van der Waals surface area (Å²) < 4.78 is 1.02. The van der Waals surface area contributed by atoms with E-state index in [9.17, 15) is 9.59 Å². The van der Waals surface area contributed by atoms with Gasteiger partial charge in [0, 0.05) is 34.4 Å². The number of fused-ring (bicyclic) bond motifs is 5. The molecule has 3 heterocycles. The summed E-state index contributed by atoms with van der Waals surface area (Å²) in [5, 5.41) is 1.12. The van der Waals surface area contributed by atoms with E-state index in [1.165, 1.54) is 0 Å². The van der Waals surface area contributed by atoms with Gasteiger partial charge in [-0.25, -0.2) is 0 Å². The average molecular weight is 480 g/mol. The molecule has 1 aromatic heterocycles. The highest BCUT2D eigenvalue weighted by Crippen LogP contribution is 2.48. The normalized spacial score (nSPS) is 23.3. The average Bonchev–Trinajstić information content (AvgIpc) is 3.17. The van der Waals surface area contributed by atoms with Crippen molar-refractivity contribution < 1.29 is 9.59 Å². The van der Waals surface area contributed by atoms with Crippen LogP contribution in [0.1, 0.15) is 49.4 Å². The van der Waals surface area contributed by atoms with Crippen LogP contribution in [-0.2, 0) is 15.1 Å². The number of hydrogen-bond donors (Lipinski definition) is 1. The molecule has 0 spiro atoms. The molecule has 5 nitrogen and oxygen atoms in total. The first kappa shape index (κ1) is 20.3. The number of amides is 2. The number of halogens is 1. The molecular formula is C25H26BrN3O2. The van der Waals surface area contributed by atoms with E-state index in [0.717, 1.165) is 45.0 Å². The first-order chi connectivity index (χ1) is 14.9. The van der Waals surface area contributed by atoms with Gasteiger partial charge in [0.2, 0.25) is 5.91 Å². The Bertz CT molecular complexity index is 1170. The van der Waals surface area contributed by atoms with Crippen molar-refractivity contribution in [1.29, 1.82) is 0 Å². The van der Waals surface area contributed by atoms with Gasteiger partial charge in [-0.05, 0) is 42.7 Å². The lowest BCUT2D eigenvalue weighted by Gasteiger charge is -2.51. The fraction of sp³-hybridized carbons (Fsp3) is 0.360. The lowest BCUT2D eigenvalue weighted by Crippen LogP contribution is -2.67. The van der Waals surface area contributed by atoms with Gasteiger partial charge < -0.3 is 14.8 Å². The zero-order valence-electron chi connectivity index (χ0n) is 17.8. The Morgan fingerprint density at radius 2 is 1.87 bits per heavy atom. The molecule has 2 aliphatic heterocycles. The van der Waals surface area contributed by atoms with E-state index in [2.05, 4.69) is 46.0 Å². The van der Waals surface area contributed by atoms with Gasteiger partial charge in [0.05, 0.1) is 12.2 Å². The number of aromatic nitrogens is 1. The third-order valence-electron chi connectivity index (χ3n) is 6.87. The number of rotatable bonds is 4. The topological polar surface area (TPSA) is 56.4 Å². The highest BCUT2D eigenvalue weighted by Gasteiger charge is 2.56. The Morgan fingerprint density at radius 3 is 2.61 bits per heavy atom. The lowest BCUT2D eigenvalue weighted by atomic mass is 9.76. The Morgan fingerprint density at radius 1 is 1.13 bits per heavy atom. The van der Waals surface area contributed by atoms with Crippen molar-refractivity contribution >= 4 is 38.6 Å². The maximum absolute atomic E-state index is 13.8. The minimum atomic E-state index is -1.01. The minimum absolute atomic E-state index is 0.00580. The van der Waals surface area contributed by atoms with Crippen molar-refractivity contribution in [1.82, 2.24) is 14.8 Å². The molecule has 2 atom stereocenters. The molecule has 1 fully saturated rings. The van der Waals surface area contributed by atoms with Gasteiger partial charge in [-0.1, -0.05) is 59.6 Å². The summed E-state index contributed by atoms with van der Waals surface area (Å²) in [5.74, 6) is 0.0403. The summed E-state index contributed by atoms with van der Waals surface area (Å²) >= 11 is 3.52. The van der Waals surface area contributed by atoms with Crippen LogP contribution in [0.4, 0.5) is 0 Å². The second-order valence-corrected chi connectivity index (χ2v) is 9.64. The molecular weight excluding hydrogens is 454 g/mol. The van der Waals surface area contributed by atoms with Crippen LogP contribution >= 0.6 is 15.9 Å². The number of para-hydroxylation sites is 1. The van der Waals surface area contributed by atoms with Crippen molar-refractivity contribution in [3.63, 3.8) is 0 Å². The first-order valence-electron chi connectivity index (χ1n) is 10.9. The second-order valence-electron chi connectivity index (χ2n) is 8.72. The van der Waals surface area contributed by atoms with Gasteiger partial charge in [0.25, 0.3) is 5.91 Å². The number of H-pyrrole nitrogens is 1. The first-order valence-corrected chi connectivity index (χ1v) is 11.7. The van der Waals surface area contributed by atoms with Gasteiger partial charge >= 0.3 is 0 Å². The molecule has 1 unspecified atom stereocenters. The molecule has 3 aromatic rings.